The van der Waals surface area contributed by atoms with Crippen LogP contribution in [0.4, 0.5) is 0 Å². The molecular weight excluding hydrogens is 400 g/mol. The van der Waals surface area contributed by atoms with Crippen molar-refractivity contribution in [2.24, 2.45) is 29.1 Å². The molecule has 0 bridgehead atoms. The first-order valence-electron chi connectivity index (χ1n) is 12.2. The van der Waals surface area contributed by atoms with Gasteiger partial charge in [-0.3, -0.25) is 4.79 Å². The maximum Gasteiger partial charge on any atom is 0.316 e. The van der Waals surface area contributed by atoms with E-state index in [4.69, 9.17) is 14.2 Å². The van der Waals surface area contributed by atoms with Crippen LogP contribution < -0.4 is 9.47 Å². The van der Waals surface area contributed by atoms with Gasteiger partial charge in [0.15, 0.2) is 11.5 Å². The number of ether oxygens (including phenoxy) is 3. The molecule has 180 valence electrons. The molecule has 0 saturated heterocycles. The highest BCUT2D eigenvalue weighted by molar-refractivity contribution is 5.78. The lowest BCUT2D eigenvalue weighted by Gasteiger charge is -2.40. The minimum absolute atomic E-state index is 0.0935. The zero-order chi connectivity index (χ0) is 24.1. The van der Waals surface area contributed by atoms with E-state index < -0.39 is 5.41 Å². The predicted octanol–water partition coefficient (Wildman–Crippen LogP) is 7.38. The molecule has 0 amide bonds. The van der Waals surface area contributed by atoms with Crippen molar-refractivity contribution in [2.75, 3.05) is 7.11 Å². The van der Waals surface area contributed by atoms with Crippen LogP contribution in [0.3, 0.4) is 0 Å². The van der Waals surface area contributed by atoms with Gasteiger partial charge in [-0.05, 0) is 76.0 Å². The molecule has 5 atom stereocenters. The quantitative estimate of drug-likeness (QED) is 0.238. The molecule has 1 aliphatic rings. The number of esters is 1. The van der Waals surface area contributed by atoms with Gasteiger partial charge in [-0.2, -0.15) is 0 Å². The molecule has 1 saturated carbocycles. The van der Waals surface area contributed by atoms with Crippen LogP contribution in [-0.2, 0) is 9.53 Å². The number of hydrogen-bond acceptors (Lipinski definition) is 4. The lowest BCUT2D eigenvalue weighted by atomic mass is 9.75. The molecule has 0 radical (unpaired) electrons. The molecule has 0 aliphatic heterocycles. The molecule has 0 aromatic heterocycles. The van der Waals surface area contributed by atoms with E-state index >= 15 is 0 Å². The number of benzene rings is 1. The highest BCUT2D eigenvalue weighted by Gasteiger charge is 2.35. The first-order chi connectivity index (χ1) is 15.0. The Morgan fingerprint density at radius 1 is 1.12 bits per heavy atom. The minimum atomic E-state index is -0.584. The van der Waals surface area contributed by atoms with Gasteiger partial charge >= 0.3 is 5.97 Å². The fraction of sp³-hybridized carbons (Fsp3) is 0.679. The summed E-state index contributed by atoms with van der Waals surface area (Å²) in [6.45, 7) is 16.7. The number of rotatable bonds is 8. The van der Waals surface area contributed by atoms with Gasteiger partial charge in [-0.25, -0.2) is 0 Å². The average molecular weight is 445 g/mol. The summed E-state index contributed by atoms with van der Waals surface area (Å²) in [6.07, 6.45) is 8.02. The summed E-state index contributed by atoms with van der Waals surface area (Å²) in [5, 5.41) is 0. The first kappa shape index (κ1) is 26.4. The second-order valence-corrected chi connectivity index (χ2v) is 10.9. The van der Waals surface area contributed by atoms with Crippen molar-refractivity contribution in [3.8, 4) is 11.5 Å². The highest BCUT2D eigenvalue weighted by atomic mass is 16.6. The van der Waals surface area contributed by atoms with Crippen LogP contribution in [0.5, 0.6) is 11.5 Å². The summed E-state index contributed by atoms with van der Waals surface area (Å²) in [4.78, 5) is 12.4. The molecule has 0 spiro atoms. The van der Waals surface area contributed by atoms with E-state index in [0.717, 1.165) is 12.0 Å². The fourth-order valence-electron chi connectivity index (χ4n) is 4.57. The lowest BCUT2D eigenvalue weighted by Crippen LogP contribution is -2.36. The van der Waals surface area contributed by atoms with E-state index in [9.17, 15) is 4.79 Å². The molecule has 2 rings (SSSR count). The van der Waals surface area contributed by atoms with Crippen LogP contribution in [0.1, 0.15) is 86.3 Å². The summed E-state index contributed by atoms with van der Waals surface area (Å²) >= 11 is 0. The van der Waals surface area contributed by atoms with E-state index in [1.807, 2.05) is 45.9 Å². The predicted molar refractivity (Wildman–Crippen MR) is 131 cm³/mol. The van der Waals surface area contributed by atoms with E-state index in [0.29, 0.717) is 29.3 Å². The zero-order valence-corrected chi connectivity index (χ0v) is 21.6. The number of carbonyl (C=O) groups excluding carboxylic acids is 1. The topological polar surface area (TPSA) is 44.8 Å². The summed E-state index contributed by atoms with van der Waals surface area (Å²) in [7, 11) is 1.61. The van der Waals surface area contributed by atoms with E-state index in [1.165, 1.54) is 12.8 Å². The molecule has 1 aliphatic carbocycles. The van der Waals surface area contributed by atoms with Gasteiger partial charge < -0.3 is 14.2 Å². The summed E-state index contributed by atoms with van der Waals surface area (Å²) in [5.41, 5.74) is 0.461. The zero-order valence-electron chi connectivity index (χ0n) is 21.6. The Balaban J connectivity index is 2.36. The molecule has 1 aromatic carbocycles. The van der Waals surface area contributed by atoms with Crippen molar-refractivity contribution in [1.29, 1.82) is 0 Å². The van der Waals surface area contributed by atoms with E-state index in [1.54, 1.807) is 7.11 Å². The lowest BCUT2D eigenvalue weighted by molar-refractivity contribution is -0.143. The van der Waals surface area contributed by atoms with Gasteiger partial charge in [0, 0.05) is 5.92 Å². The van der Waals surface area contributed by atoms with Crippen LogP contribution in [-0.4, -0.2) is 19.2 Å². The van der Waals surface area contributed by atoms with Gasteiger partial charge in [0.2, 0.25) is 0 Å². The third-order valence-corrected chi connectivity index (χ3v) is 6.59. The van der Waals surface area contributed by atoms with E-state index in [2.05, 4.69) is 39.8 Å². The molecule has 1 aromatic rings. The number of allylic oxidation sites excluding steroid dienone is 1. The third kappa shape index (κ3) is 6.84. The van der Waals surface area contributed by atoms with Crippen LogP contribution in [0.2, 0.25) is 0 Å². The second-order valence-electron chi connectivity index (χ2n) is 10.9. The van der Waals surface area contributed by atoms with Crippen molar-refractivity contribution in [3.05, 3.63) is 35.9 Å². The second kappa shape index (κ2) is 11.4. The largest absolute Gasteiger partial charge is 0.493 e. The molecule has 0 heterocycles. The molecule has 0 N–H and O–H groups in total. The fourth-order valence-corrected chi connectivity index (χ4v) is 4.57. The average Bonchev–Trinajstić information content (AvgIpc) is 2.71. The SMILES string of the molecule is C/C=C/[C@H](C)[C@@H](O[C@H]1C[C@@H](C)CC[C@@H]1C(C)C)c1ccc(OC(=O)C(C)(C)C)c(OC)c1. The Morgan fingerprint density at radius 3 is 2.38 bits per heavy atom. The van der Waals surface area contributed by atoms with Crippen molar-refractivity contribution in [2.45, 2.75) is 86.9 Å². The van der Waals surface area contributed by atoms with Crippen molar-refractivity contribution in [1.82, 2.24) is 0 Å². The monoisotopic (exact) mass is 444 g/mol. The standard InChI is InChI=1S/C28H44O4/c1-10-11-20(5)26(31-24-16-19(4)12-14-22(24)18(2)3)21-13-15-23(25(17-21)30-9)32-27(29)28(6,7)8/h10-11,13,15,17-20,22,24,26H,12,14,16H2,1-9H3/b11-10+/t19-,20-,22+,24-,26+/m0/s1. The van der Waals surface area contributed by atoms with Crippen molar-refractivity contribution < 1.29 is 19.0 Å². The molecule has 32 heavy (non-hydrogen) atoms. The first-order valence-corrected chi connectivity index (χ1v) is 12.2. The van der Waals surface area contributed by atoms with Crippen molar-refractivity contribution >= 4 is 5.97 Å². The van der Waals surface area contributed by atoms with Crippen LogP contribution in [0, 0.1) is 29.1 Å². The summed E-state index contributed by atoms with van der Waals surface area (Å²) in [6, 6.07) is 5.81. The Labute approximate surface area is 195 Å². The Kier molecular flexibility index (Phi) is 9.39. The number of methoxy groups -OCH3 is 1. The smallest absolute Gasteiger partial charge is 0.316 e. The van der Waals surface area contributed by atoms with Crippen LogP contribution >= 0.6 is 0 Å². The molecular formula is C28H44O4. The molecule has 4 heteroatoms. The van der Waals surface area contributed by atoms with Crippen LogP contribution in [0.15, 0.2) is 30.4 Å². The Bertz CT molecular complexity index is 774. The summed E-state index contributed by atoms with van der Waals surface area (Å²) in [5.74, 6) is 2.77. The van der Waals surface area contributed by atoms with Crippen LogP contribution in [0.25, 0.3) is 0 Å². The Hall–Kier alpha value is -1.81. The van der Waals surface area contributed by atoms with Gasteiger partial charge in [0.05, 0.1) is 24.7 Å². The number of carbonyl (C=O) groups is 1. The normalized spacial score (nSPS) is 23.9. The van der Waals surface area contributed by atoms with Gasteiger partial charge in [0.25, 0.3) is 0 Å². The van der Waals surface area contributed by atoms with Crippen molar-refractivity contribution in [3.63, 3.8) is 0 Å². The summed E-state index contributed by atoms with van der Waals surface area (Å²) < 4.78 is 18.1. The molecule has 4 nitrogen and oxygen atoms in total. The van der Waals surface area contributed by atoms with Gasteiger partial charge in [-0.1, -0.05) is 52.3 Å². The third-order valence-electron chi connectivity index (χ3n) is 6.59. The molecule has 0 unspecified atom stereocenters. The maximum absolute atomic E-state index is 12.4. The highest BCUT2D eigenvalue weighted by Crippen LogP contribution is 2.41. The molecule has 1 fully saturated rings. The Morgan fingerprint density at radius 2 is 1.81 bits per heavy atom. The van der Waals surface area contributed by atoms with Gasteiger partial charge in [0.1, 0.15) is 0 Å². The number of hydrogen-bond donors (Lipinski definition) is 0. The van der Waals surface area contributed by atoms with Gasteiger partial charge in [-0.15, -0.1) is 0 Å². The van der Waals surface area contributed by atoms with E-state index in [-0.39, 0.29) is 24.1 Å². The maximum atomic E-state index is 12.4. The minimum Gasteiger partial charge on any atom is -0.493 e.